The summed E-state index contributed by atoms with van der Waals surface area (Å²) in [6.07, 6.45) is 0.966. The average molecular weight is 385 g/mol. The van der Waals surface area contributed by atoms with Crippen molar-refractivity contribution in [2.75, 3.05) is 13.1 Å². The topological polar surface area (TPSA) is 77.8 Å². The molecule has 6 nitrogen and oxygen atoms in total. The maximum absolute atomic E-state index is 12.7. The average Bonchev–Trinajstić information content (AvgIpc) is 3.21. The molecule has 0 bridgehead atoms. The molecule has 1 aromatic heterocycles. The summed E-state index contributed by atoms with van der Waals surface area (Å²) in [6.45, 7) is 3.83. The third kappa shape index (κ3) is 2.61. The Morgan fingerprint density at radius 2 is 2.04 bits per heavy atom. The predicted octanol–water partition coefficient (Wildman–Crippen LogP) is 3.21. The Hall–Kier alpha value is -2.51. The molecule has 1 N–H and O–H groups in total. The fourth-order valence-corrected chi connectivity index (χ4v) is 4.86. The normalized spacial score (nSPS) is 24.3. The van der Waals surface area contributed by atoms with Crippen molar-refractivity contribution in [3.63, 3.8) is 0 Å². The van der Waals surface area contributed by atoms with Crippen LogP contribution < -0.4 is 14.2 Å². The lowest BCUT2D eigenvalue weighted by Gasteiger charge is -2.35. The van der Waals surface area contributed by atoms with E-state index in [1.54, 1.807) is 36.4 Å². The van der Waals surface area contributed by atoms with E-state index < -0.39 is 10.1 Å². The zero-order chi connectivity index (χ0) is 18.6. The Morgan fingerprint density at radius 1 is 1.19 bits per heavy atom. The number of rotatable bonds is 3. The summed E-state index contributed by atoms with van der Waals surface area (Å²) in [7, 11) is -4.06. The highest BCUT2D eigenvalue weighted by atomic mass is 32.2. The van der Waals surface area contributed by atoms with Gasteiger partial charge in [-0.15, -0.1) is 0 Å². The molecule has 140 valence electrons. The Labute approximate surface area is 157 Å². The van der Waals surface area contributed by atoms with Crippen molar-refractivity contribution in [3.05, 3.63) is 54.1 Å². The van der Waals surface area contributed by atoms with Gasteiger partial charge in [0.05, 0.1) is 0 Å². The van der Waals surface area contributed by atoms with E-state index in [0.29, 0.717) is 11.0 Å². The first-order valence-corrected chi connectivity index (χ1v) is 10.3. The van der Waals surface area contributed by atoms with Crippen LogP contribution in [0.3, 0.4) is 0 Å². The molecule has 1 saturated heterocycles. The van der Waals surface area contributed by atoms with Gasteiger partial charge in [-0.1, -0.05) is 25.1 Å². The summed E-state index contributed by atoms with van der Waals surface area (Å²) in [5, 5.41) is 3.85. The summed E-state index contributed by atoms with van der Waals surface area (Å²) >= 11 is 0. The molecule has 0 amide bonds. The fraction of sp³-hybridized carbons (Fsp3) is 0.300. The van der Waals surface area contributed by atoms with Gasteiger partial charge in [0.25, 0.3) is 5.09 Å². The van der Waals surface area contributed by atoms with Crippen molar-refractivity contribution in [1.29, 1.82) is 0 Å². The van der Waals surface area contributed by atoms with Crippen molar-refractivity contribution in [2.45, 2.75) is 30.0 Å². The molecule has 2 aromatic carbocycles. The van der Waals surface area contributed by atoms with E-state index in [2.05, 4.69) is 12.2 Å². The first-order chi connectivity index (χ1) is 13.0. The monoisotopic (exact) mass is 385 g/mol. The van der Waals surface area contributed by atoms with Crippen molar-refractivity contribution >= 4 is 21.1 Å². The van der Waals surface area contributed by atoms with Crippen molar-refractivity contribution in [3.8, 4) is 11.5 Å². The minimum atomic E-state index is -4.06. The number of hydrogen-bond donors (Lipinski definition) is 1. The van der Waals surface area contributed by atoms with Crippen LogP contribution >= 0.6 is 0 Å². The van der Waals surface area contributed by atoms with Gasteiger partial charge >= 0.3 is 10.1 Å². The quantitative estimate of drug-likeness (QED) is 0.698. The number of hydrogen-bond acceptors (Lipinski definition) is 6. The van der Waals surface area contributed by atoms with Crippen LogP contribution in [0.4, 0.5) is 0 Å². The Kier molecular flexibility index (Phi) is 3.54. The molecular formula is C20H19NO5S. The molecule has 0 saturated carbocycles. The van der Waals surface area contributed by atoms with Crippen molar-refractivity contribution in [2.24, 2.45) is 0 Å². The van der Waals surface area contributed by atoms with E-state index in [1.165, 1.54) is 6.07 Å². The number of benzene rings is 2. The maximum Gasteiger partial charge on any atom is 0.373 e. The largest absolute Gasteiger partial charge is 0.488 e. The number of piperidine rings is 1. The SMILES string of the molecule is CC12CCNCC1Oc1ccc(OS(=O)(=O)c3cc4ccccc4o3)cc12. The second-order valence-electron chi connectivity index (χ2n) is 7.28. The highest BCUT2D eigenvalue weighted by molar-refractivity contribution is 7.87. The van der Waals surface area contributed by atoms with E-state index in [4.69, 9.17) is 13.3 Å². The molecule has 1 fully saturated rings. The van der Waals surface area contributed by atoms with Crippen molar-refractivity contribution in [1.82, 2.24) is 5.32 Å². The smallest absolute Gasteiger partial charge is 0.373 e. The molecule has 0 spiro atoms. The van der Waals surface area contributed by atoms with Gasteiger partial charge in [-0.2, -0.15) is 8.42 Å². The lowest BCUT2D eigenvalue weighted by atomic mass is 9.74. The molecule has 0 aliphatic carbocycles. The van der Waals surface area contributed by atoms with Crippen LogP contribution in [0.25, 0.3) is 11.0 Å². The third-order valence-electron chi connectivity index (χ3n) is 5.55. The highest BCUT2D eigenvalue weighted by Crippen LogP contribution is 2.47. The minimum absolute atomic E-state index is 0.0449. The van der Waals surface area contributed by atoms with Gasteiger partial charge in [-0.05, 0) is 37.2 Å². The lowest BCUT2D eigenvalue weighted by molar-refractivity contribution is 0.124. The zero-order valence-corrected chi connectivity index (χ0v) is 15.6. The van der Waals surface area contributed by atoms with Crippen LogP contribution in [0.1, 0.15) is 18.9 Å². The second-order valence-corrected chi connectivity index (χ2v) is 8.75. The van der Waals surface area contributed by atoms with E-state index in [9.17, 15) is 8.42 Å². The van der Waals surface area contributed by atoms with Gasteiger partial charge in [0, 0.05) is 29.0 Å². The Bertz CT molecular complexity index is 1100. The van der Waals surface area contributed by atoms with E-state index in [0.717, 1.165) is 30.8 Å². The van der Waals surface area contributed by atoms with Crippen LogP contribution in [0.15, 0.2) is 58.0 Å². The molecule has 2 aliphatic rings. The first kappa shape index (κ1) is 16.6. The summed E-state index contributed by atoms with van der Waals surface area (Å²) < 4.78 is 42.2. The van der Waals surface area contributed by atoms with Crippen LogP contribution in [0.5, 0.6) is 11.5 Å². The zero-order valence-electron chi connectivity index (χ0n) is 14.8. The molecule has 7 heteroatoms. The molecule has 2 unspecified atom stereocenters. The molecule has 5 rings (SSSR count). The van der Waals surface area contributed by atoms with Gasteiger partial charge in [0.15, 0.2) is 0 Å². The summed E-state index contributed by atoms with van der Waals surface area (Å²) in [4.78, 5) is 0. The third-order valence-corrected chi connectivity index (χ3v) is 6.66. The lowest BCUT2D eigenvalue weighted by Crippen LogP contribution is -2.49. The number of ether oxygens (including phenoxy) is 1. The van der Waals surface area contributed by atoms with Gasteiger partial charge < -0.3 is 18.7 Å². The molecule has 2 atom stereocenters. The summed E-state index contributed by atoms with van der Waals surface area (Å²) in [5.41, 5.74) is 1.35. The molecule has 2 aliphatic heterocycles. The van der Waals surface area contributed by atoms with E-state index in [-0.39, 0.29) is 22.4 Å². The standard InChI is InChI=1S/C20H19NO5S/c1-20-8-9-21-12-18(20)24-17-7-6-14(11-15(17)20)26-27(22,23)19-10-13-4-2-3-5-16(13)25-19/h2-7,10-11,18,21H,8-9,12H2,1H3. The summed E-state index contributed by atoms with van der Waals surface area (Å²) in [5.74, 6) is 1.05. The maximum atomic E-state index is 12.7. The number of fused-ring (bicyclic) bond motifs is 4. The predicted molar refractivity (Wildman–Crippen MR) is 99.7 cm³/mol. The second kappa shape index (κ2) is 5.74. The van der Waals surface area contributed by atoms with Gasteiger partial charge in [-0.25, -0.2) is 0 Å². The van der Waals surface area contributed by atoms with E-state index >= 15 is 0 Å². The van der Waals surface area contributed by atoms with Gasteiger partial charge in [-0.3, -0.25) is 0 Å². The number of para-hydroxylation sites is 1. The summed E-state index contributed by atoms with van der Waals surface area (Å²) in [6, 6.07) is 13.8. The van der Waals surface area contributed by atoms with Crippen LogP contribution in [0, 0.1) is 0 Å². The van der Waals surface area contributed by atoms with Gasteiger partial charge in [0.1, 0.15) is 23.2 Å². The molecule has 0 radical (unpaired) electrons. The Balaban J connectivity index is 1.49. The van der Waals surface area contributed by atoms with Crippen LogP contribution in [0.2, 0.25) is 0 Å². The molecular weight excluding hydrogens is 366 g/mol. The molecule has 3 aromatic rings. The number of furan rings is 1. The van der Waals surface area contributed by atoms with Crippen molar-refractivity contribution < 1.29 is 21.8 Å². The van der Waals surface area contributed by atoms with Gasteiger partial charge in [0.2, 0.25) is 0 Å². The first-order valence-electron chi connectivity index (χ1n) is 8.91. The molecule has 27 heavy (non-hydrogen) atoms. The van der Waals surface area contributed by atoms with Crippen LogP contribution in [-0.2, 0) is 15.5 Å². The fourth-order valence-electron chi connectivity index (χ4n) is 3.96. The number of nitrogens with one attached hydrogen (secondary N) is 1. The van der Waals surface area contributed by atoms with E-state index in [1.807, 2.05) is 6.07 Å². The Morgan fingerprint density at radius 3 is 2.89 bits per heavy atom. The highest BCUT2D eigenvalue weighted by Gasteiger charge is 2.46. The van der Waals surface area contributed by atoms with Crippen LogP contribution in [-0.4, -0.2) is 27.6 Å². The molecule has 3 heterocycles. The minimum Gasteiger partial charge on any atom is -0.488 e.